The van der Waals surface area contributed by atoms with Crippen molar-refractivity contribution in [3.63, 3.8) is 0 Å². The fourth-order valence-corrected chi connectivity index (χ4v) is 3.98. The van der Waals surface area contributed by atoms with Gasteiger partial charge in [-0.1, -0.05) is 19.9 Å². The van der Waals surface area contributed by atoms with Crippen LogP contribution in [-0.2, 0) is 0 Å². The van der Waals surface area contributed by atoms with Gasteiger partial charge in [0.2, 0.25) is 0 Å². The van der Waals surface area contributed by atoms with Gasteiger partial charge in [0.15, 0.2) is 0 Å². The summed E-state index contributed by atoms with van der Waals surface area (Å²) < 4.78 is 11.9. The Balaban J connectivity index is 1.72. The van der Waals surface area contributed by atoms with E-state index in [2.05, 4.69) is 13.8 Å². The summed E-state index contributed by atoms with van der Waals surface area (Å²) in [5.41, 5.74) is 4.48. The van der Waals surface area contributed by atoms with E-state index in [9.17, 15) is 0 Å². The zero-order chi connectivity index (χ0) is 22.4. The van der Waals surface area contributed by atoms with Crippen LogP contribution in [0, 0.1) is 12.3 Å². The van der Waals surface area contributed by atoms with Crippen LogP contribution in [0.3, 0.4) is 0 Å². The molecule has 0 saturated carbocycles. The second-order valence-corrected chi connectivity index (χ2v) is 8.50. The molecule has 0 bridgehead atoms. The molecule has 0 saturated heterocycles. The smallest absolute Gasteiger partial charge is 0.260 e. The molecule has 3 rings (SSSR count). The fraction of sp³-hybridized carbons (Fsp3) is 0.250. The van der Waals surface area contributed by atoms with Crippen molar-refractivity contribution in [1.82, 2.24) is 10.5 Å². The highest BCUT2D eigenvalue weighted by Crippen LogP contribution is 2.34. The summed E-state index contributed by atoms with van der Waals surface area (Å²) >= 11 is 1.74. The Morgan fingerprint density at radius 2 is 1.65 bits per heavy atom. The lowest BCUT2D eigenvalue weighted by Crippen LogP contribution is -2.21. The lowest BCUT2D eigenvalue weighted by molar-refractivity contribution is 0.0471. The van der Waals surface area contributed by atoms with Gasteiger partial charge < -0.3 is 9.47 Å². The molecule has 0 aliphatic carbocycles. The molecule has 0 amide bonds. The molecule has 1 atom stereocenters. The Morgan fingerprint density at radius 3 is 2.16 bits per heavy atom. The van der Waals surface area contributed by atoms with E-state index in [-0.39, 0.29) is 5.84 Å². The number of hydrogen-bond donors (Lipinski definition) is 3. The van der Waals surface area contributed by atoms with Crippen LogP contribution >= 0.6 is 11.3 Å². The van der Waals surface area contributed by atoms with Gasteiger partial charge in [-0.05, 0) is 74.4 Å². The molecule has 1 unspecified atom stereocenters. The van der Waals surface area contributed by atoms with Crippen LogP contribution in [0.15, 0.2) is 60.7 Å². The van der Waals surface area contributed by atoms with Gasteiger partial charge in [-0.25, -0.2) is 4.98 Å². The first-order valence-corrected chi connectivity index (χ1v) is 10.9. The minimum absolute atomic E-state index is 0.0798. The van der Waals surface area contributed by atoms with Crippen molar-refractivity contribution >= 4 is 17.2 Å². The molecule has 0 radical (unpaired) electrons. The van der Waals surface area contributed by atoms with Crippen LogP contribution in [-0.4, -0.2) is 22.3 Å². The average molecular weight is 438 g/mol. The van der Waals surface area contributed by atoms with Gasteiger partial charge in [-0.3, -0.25) is 16.1 Å². The summed E-state index contributed by atoms with van der Waals surface area (Å²) in [7, 11) is 0. The molecule has 6 nitrogen and oxygen atoms in total. The minimum atomic E-state index is -0.607. The SMILES string of the molecule is CC=CC(Oc1ccc(C(=N)NO)cc1)Oc1ccc(-c2nc(C)sc2C(C)C)cc1. The van der Waals surface area contributed by atoms with Crippen molar-refractivity contribution in [2.24, 2.45) is 0 Å². The number of thiazole rings is 1. The first-order valence-electron chi connectivity index (χ1n) is 10.0. The first-order chi connectivity index (χ1) is 14.9. The van der Waals surface area contributed by atoms with Gasteiger partial charge in [-0.2, -0.15) is 0 Å². The van der Waals surface area contributed by atoms with Crippen LogP contribution in [0.1, 0.15) is 42.1 Å². The summed E-state index contributed by atoms with van der Waals surface area (Å²) in [5, 5.41) is 17.5. The standard InChI is InChI=1S/C24H27N3O3S/c1-5-6-21(30-20-13-9-18(10-14-20)24(25)27-28)29-19-11-7-17(8-12-19)22-23(15(2)3)31-16(4)26-22/h5-15,21,28H,1-4H3,(H2,25,27). The first kappa shape index (κ1) is 22.5. The van der Waals surface area contributed by atoms with E-state index in [4.69, 9.17) is 25.1 Å². The third-order valence-electron chi connectivity index (χ3n) is 4.52. The van der Waals surface area contributed by atoms with E-state index in [1.165, 1.54) is 4.88 Å². The largest absolute Gasteiger partial charge is 0.451 e. The van der Waals surface area contributed by atoms with Crippen LogP contribution in [0.2, 0.25) is 0 Å². The molecule has 162 valence electrons. The fourth-order valence-electron chi connectivity index (χ4n) is 3.03. The van der Waals surface area contributed by atoms with Crippen LogP contribution in [0.5, 0.6) is 11.5 Å². The minimum Gasteiger partial charge on any atom is -0.451 e. The highest BCUT2D eigenvalue weighted by molar-refractivity contribution is 7.12. The molecule has 0 aliphatic rings. The second kappa shape index (κ2) is 10.2. The molecule has 0 fully saturated rings. The normalized spacial score (nSPS) is 12.2. The lowest BCUT2D eigenvalue weighted by atomic mass is 10.1. The topological polar surface area (TPSA) is 87.5 Å². The van der Waals surface area contributed by atoms with Crippen molar-refractivity contribution in [3.8, 4) is 22.8 Å². The maximum atomic E-state index is 8.83. The van der Waals surface area contributed by atoms with E-state index in [0.717, 1.165) is 16.3 Å². The summed E-state index contributed by atoms with van der Waals surface area (Å²) in [6.45, 7) is 8.30. The van der Waals surface area contributed by atoms with Crippen molar-refractivity contribution in [2.75, 3.05) is 0 Å². The number of ether oxygens (including phenoxy) is 2. The number of hydroxylamine groups is 1. The van der Waals surface area contributed by atoms with Crippen LogP contribution in [0.25, 0.3) is 11.3 Å². The molecule has 3 aromatic rings. The van der Waals surface area contributed by atoms with E-state index >= 15 is 0 Å². The Labute approximate surface area is 186 Å². The number of rotatable bonds is 8. The Hall–Kier alpha value is -3.16. The van der Waals surface area contributed by atoms with Crippen molar-refractivity contribution in [1.29, 1.82) is 5.41 Å². The Bertz CT molecular complexity index is 1040. The average Bonchev–Trinajstić information content (AvgIpc) is 3.16. The van der Waals surface area contributed by atoms with Gasteiger partial charge in [0.25, 0.3) is 6.29 Å². The lowest BCUT2D eigenvalue weighted by Gasteiger charge is -2.18. The van der Waals surface area contributed by atoms with Crippen molar-refractivity contribution < 1.29 is 14.7 Å². The number of hydrogen-bond acceptors (Lipinski definition) is 6. The van der Waals surface area contributed by atoms with E-state index in [1.807, 2.05) is 55.7 Å². The van der Waals surface area contributed by atoms with Gasteiger partial charge in [0, 0.05) is 16.0 Å². The van der Waals surface area contributed by atoms with Gasteiger partial charge in [-0.15, -0.1) is 11.3 Å². The van der Waals surface area contributed by atoms with Gasteiger partial charge >= 0.3 is 0 Å². The number of amidine groups is 1. The highest BCUT2D eigenvalue weighted by Gasteiger charge is 2.15. The Kier molecular flexibility index (Phi) is 7.44. The molecule has 7 heteroatoms. The van der Waals surface area contributed by atoms with Gasteiger partial charge in [0.1, 0.15) is 17.3 Å². The molecule has 0 aliphatic heterocycles. The number of aryl methyl sites for hydroxylation is 1. The maximum Gasteiger partial charge on any atom is 0.260 e. The van der Waals surface area contributed by atoms with E-state index in [0.29, 0.717) is 23.0 Å². The van der Waals surface area contributed by atoms with E-state index < -0.39 is 6.29 Å². The molecule has 2 aromatic carbocycles. The summed E-state index contributed by atoms with van der Waals surface area (Å²) in [6.07, 6.45) is 3.08. The Morgan fingerprint density at radius 1 is 1.06 bits per heavy atom. The molecular formula is C24H27N3O3S. The number of aromatic nitrogens is 1. The summed E-state index contributed by atoms with van der Waals surface area (Å²) in [5.74, 6) is 1.62. The third-order valence-corrected chi connectivity index (χ3v) is 5.79. The maximum absolute atomic E-state index is 8.83. The van der Waals surface area contributed by atoms with Crippen molar-refractivity contribution in [3.05, 3.63) is 76.1 Å². The number of nitrogens with one attached hydrogen (secondary N) is 2. The predicted molar refractivity (Wildman–Crippen MR) is 124 cm³/mol. The monoisotopic (exact) mass is 437 g/mol. The van der Waals surface area contributed by atoms with Crippen LogP contribution < -0.4 is 15.0 Å². The highest BCUT2D eigenvalue weighted by atomic mass is 32.1. The molecular weight excluding hydrogens is 410 g/mol. The molecule has 0 spiro atoms. The van der Waals surface area contributed by atoms with Gasteiger partial charge in [0.05, 0.1) is 10.7 Å². The van der Waals surface area contributed by atoms with E-state index in [1.54, 1.807) is 35.6 Å². The second-order valence-electron chi connectivity index (χ2n) is 7.27. The molecule has 1 heterocycles. The third kappa shape index (κ3) is 5.71. The molecule has 1 aromatic heterocycles. The zero-order valence-corrected chi connectivity index (χ0v) is 18.9. The summed E-state index contributed by atoms with van der Waals surface area (Å²) in [4.78, 5) is 6.00. The zero-order valence-electron chi connectivity index (χ0n) is 18.0. The van der Waals surface area contributed by atoms with Crippen LogP contribution in [0.4, 0.5) is 0 Å². The van der Waals surface area contributed by atoms with Crippen molar-refractivity contribution in [2.45, 2.75) is 39.9 Å². The molecule has 3 N–H and O–H groups in total. The number of benzene rings is 2. The quantitative estimate of drug-likeness (QED) is 0.134. The molecule has 31 heavy (non-hydrogen) atoms. The predicted octanol–water partition coefficient (Wildman–Crippen LogP) is 5.91. The number of nitrogens with zero attached hydrogens (tertiary/aromatic N) is 1. The number of allylic oxidation sites excluding steroid dienone is 1. The summed E-state index contributed by atoms with van der Waals surface area (Å²) in [6, 6.07) is 14.7.